The normalized spacial score (nSPS) is 14.0. The highest BCUT2D eigenvalue weighted by Gasteiger charge is 2.32. The molecule has 0 saturated heterocycles. The van der Waals surface area contributed by atoms with Crippen molar-refractivity contribution in [2.75, 3.05) is 13.2 Å². The van der Waals surface area contributed by atoms with E-state index in [9.17, 15) is 4.79 Å². The maximum Gasteiger partial charge on any atom is 0.223 e. The number of rotatable bonds is 8. The number of hydrogen-bond acceptors (Lipinski definition) is 3. The smallest absolute Gasteiger partial charge is 0.223 e. The molecule has 1 saturated carbocycles. The van der Waals surface area contributed by atoms with E-state index in [0.29, 0.717) is 32.2 Å². The van der Waals surface area contributed by atoms with Crippen molar-refractivity contribution >= 4 is 21.8 Å². The van der Waals surface area contributed by atoms with Crippen molar-refractivity contribution in [1.29, 1.82) is 0 Å². The van der Waals surface area contributed by atoms with Crippen LogP contribution in [-0.2, 0) is 11.3 Å². The van der Waals surface area contributed by atoms with Gasteiger partial charge in [-0.25, -0.2) is 0 Å². The Morgan fingerprint density at radius 2 is 2.24 bits per heavy atom. The molecule has 0 atom stereocenters. The second-order valence-electron chi connectivity index (χ2n) is 5.33. The number of nitrogens with zero attached hydrogens (tertiary/aromatic N) is 1. The second-order valence-corrected chi connectivity index (χ2v) is 6.25. The molecule has 0 spiro atoms. The lowest BCUT2D eigenvalue weighted by Crippen LogP contribution is -2.33. The summed E-state index contributed by atoms with van der Waals surface area (Å²) in [7, 11) is 0. The van der Waals surface area contributed by atoms with Gasteiger partial charge in [0.2, 0.25) is 5.91 Å². The van der Waals surface area contributed by atoms with Crippen LogP contribution in [0.15, 0.2) is 22.7 Å². The highest BCUT2D eigenvalue weighted by atomic mass is 79.9. The Morgan fingerprint density at radius 3 is 2.86 bits per heavy atom. The van der Waals surface area contributed by atoms with Crippen LogP contribution in [0.25, 0.3) is 0 Å². The van der Waals surface area contributed by atoms with E-state index < -0.39 is 0 Å². The van der Waals surface area contributed by atoms with Crippen molar-refractivity contribution in [3.63, 3.8) is 0 Å². The maximum atomic E-state index is 12.4. The number of amides is 1. The lowest BCUT2D eigenvalue weighted by molar-refractivity contribution is -0.132. The molecular formula is C16H23BrN2O2. The lowest BCUT2D eigenvalue weighted by Gasteiger charge is -2.24. The molecule has 0 bridgehead atoms. The Labute approximate surface area is 134 Å². The van der Waals surface area contributed by atoms with E-state index >= 15 is 0 Å². The van der Waals surface area contributed by atoms with Gasteiger partial charge in [0.05, 0.1) is 6.61 Å². The van der Waals surface area contributed by atoms with Crippen LogP contribution in [0.2, 0.25) is 0 Å². The Hall–Kier alpha value is -1.07. The topological polar surface area (TPSA) is 55.6 Å². The van der Waals surface area contributed by atoms with Crippen molar-refractivity contribution in [3.05, 3.63) is 28.2 Å². The van der Waals surface area contributed by atoms with Crippen LogP contribution in [-0.4, -0.2) is 30.0 Å². The molecule has 4 nitrogen and oxygen atoms in total. The molecule has 0 unspecified atom stereocenters. The summed E-state index contributed by atoms with van der Waals surface area (Å²) >= 11 is 3.49. The number of benzene rings is 1. The third-order valence-corrected chi connectivity index (χ3v) is 4.06. The van der Waals surface area contributed by atoms with Crippen LogP contribution < -0.4 is 10.5 Å². The van der Waals surface area contributed by atoms with Gasteiger partial charge in [-0.2, -0.15) is 0 Å². The number of nitrogens with two attached hydrogens (primary N) is 1. The first-order valence-corrected chi connectivity index (χ1v) is 8.35. The molecule has 0 aliphatic heterocycles. The molecule has 1 aromatic carbocycles. The molecule has 1 aliphatic carbocycles. The third kappa shape index (κ3) is 4.71. The van der Waals surface area contributed by atoms with Crippen LogP contribution >= 0.6 is 15.9 Å². The average Bonchev–Trinajstić information content (AvgIpc) is 3.29. The molecule has 1 aliphatic rings. The molecule has 116 valence electrons. The van der Waals surface area contributed by atoms with Crippen LogP contribution in [0.3, 0.4) is 0 Å². The molecule has 0 aromatic heterocycles. The molecule has 1 aromatic rings. The minimum atomic E-state index is 0.199. The minimum absolute atomic E-state index is 0.199. The molecular weight excluding hydrogens is 332 g/mol. The van der Waals surface area contributed by atoms with E-state index in [1.165, 1.54) is 0 Å². The fraction of sp³-hybridized carbons (Fsp3) is 0.562. The van der Waals surface area contributed by atoms with Gasteiger partial charge in [0.15, 0.2) is 0 Å². The first-order valence-electron chi connectivity index (χ1n) is 7.56. The van der Waals surface area contributed by atoms with Crippen molar-refractivity contribution < 1.29 is 9.53 Å². The second kappa shape index (κ2) is 7.80. The summed E-state index contributed by atoms with van der Waals surface area (Å²) in [6.07, 6.45) is 3.49. The summed E-state index contributed by atoms with van der Waals surface area (Å²) in [6.45, 7) is 3.77. The van der Waals surface area contributed by atoms with Gasteiger partial charge >= 0.3 is 0 Å². The maximum absolute atomic E-state index is 12.4. The fourth-order valence-electron chi connectivity index (χ4n) is 2.36. The van der Waals surface area contributed by atoms with Crippen LogP contribution in [0.1, 0.15) is 38.2 Å². The van der Waals surface area contributed by atoms with E-state index in [2.05, 4.69) is 15.9 Å². The number of ether oxygens (including phenoxy) is 1. The Bertz CT molecular complexity index is 489. The van der Waals surface area contributed by atoms with Crippen LogP contribution in [0.5, 0.6) is 5.75 Å². The van der Waals surface area contributed by atoms with Gasteiger partial charge in [-0.1, -0.05) is 15.9 Å². The first kappa shape index (κ1) is 16.3. The summed E-state index contributed by atoms with van der Waals surface area (Å²) in [4.78, 5) is 14.3. The summed E-state index contributed by atoms with van der Waals surface area (Å²) in [5, 5.41) is 0. The van der Waals surface area contributed by atoms with E-state index in [-0.39, 0.29) is 5.91 Å². The average molecular weight is 355 g/mol. The fourth-order valence-corrected chi connectivity index (χ4v) is 2.76. The molecule has 21 heavy (non-hydrogen) atoms. The van der Waals surface area contributed by atoms with Gasteiger partial charge in [-0.15, -0.1) is 0 Å². The minimum Gasteiger partial charge on any atom is -0.494 e. The van der Waals surface area contributed by atoms with Gasteiger partial charge in [-0.3, -0.25) is 4.79 Å². The lowest BCUT2D eigenvalue weighted by atomic mass is 10.1. The molecule has 0 radical (unpaired) electrons. The molecule has 1 fully saturated rings. The van der Waals surface area contributed by atoms with Gasteiger partial charge in [0.25, 0.3) is 0 Å². The highest BCUT2D eigenvalue weighted by Crippen LogP contribution is 2.32. The predicted octanol–water partition coefficient (Wildman–Crippen LogP) is 3.08. The zero-order chi connectivity index (χ0) is 15.2. The van der Waals surface area contributed by atoms with Crippen molar-refractivity contribution in [2.45, 2.75) is 45.2 Å². The van der Waals surface area contributed by atoms with Crippen molar-refractivity contribution in [2.24, 2.45) is 5.73 Å². The standard InChI is InChI=1S/C16H23BrN2O2/c1-2-21-15-8-5-13(17)10-12(15)11-19(14-6-7-14)16(20)4-3-9-18/h5,8,10,14H,2-4,6-7,9,11,18H2,1H3. The number of hydrogen-bond donors (Lipinski definition) is 1. The zero-order valence-electron chi connectivity index (χ0n) is 12.5. The number of carbonyl (C=O) groups excluding carboxylic acids is 1. The number of carbonyl (C=O) groups is 1. The van der Waals surface area contributed by atoms with E-state index in [1.54, 1.807) is 0 Å². The zero-order valence-corrected chi connectivity index (χ0v) is 14.1. The van der Waals surface area contributed by atoms with Crippen molar-refractivity contribution in [1.82, 2.24) is 4.90 Å². The highest BCUT2D eigenvalue weighted by molar-refractivity contribution is 9.10. The molecule has 2 rings (SSSR count). The predicted molar refractivity (Wildman–Crippen MR) is 87.2 cm³/mol. The van der Waals surface area contributed by atoms with Crippen molar-refractivity contribution in [3.8, 4) is 5.75 Å². The Kier molecular flexibility index (Phi) is 6.06. The van der Waals surface area contributed by atoms with Crippen LogP contribution in [0.4, 0.5) is 0 Å². The first-order chi connectivity index (χ1) is 10.2. The molecule has 2 N–H and O–H groups in total. The van der Waals surface area contributed by atoms with Gasteiger partial charge < -0.3 is 15.4 Å². The quantitative estimate of drug-likeness (QED) is 0.780. The van der Waals surface area contributed by atoms with Gasteiger partial charge in [0.1, 0.15) is 5.75 Å². The summed E-state index contributed by atoms with van der Waals surface area (Å²) in [5.41, 5.74) is 6.56. The van der Waals surface area contributed by atoms with E-state index in [1.807, 2.05) is 30.0 Å². The monoisotopic (exact) mass is 354 g/mol. The largest absolute Gasteiger partial charge is 0.494 e. The Morgan fingerprint density at radius 1 is 1.48 bits per heavy atom. The number of halogens is 1. The molecule has 5 heteroatoms. The third-order valence-electron chi connectivity index (χ3n) is 3.57. The van der Waals surface area contributed by atoms with Gasteiger partial charge in [0, 0.05) is 29.0 Å². The summed E-state index contributed by atoms with van der Waals surface area (Å²) < 4.78 is 6.68. The summed E-state index contributed by atoms with van der Waals surface area (Å²) in [5.74, 6) is 1.06. The summed E-state index contributed by atoms with van der Waals surface area (Å²) in [6, 6.07) is 6.35. The SMILES string of the molecule is CCOc1ccc(Br)cc1CN(C(=O)CCCN)C1CC1. The van der Waals surface area contributed by atoms with Crippen LogP contribution in [0, 0.1) is 0 Å². The van der Waals surface area contributed by atoms with E-state index in [4.69, 9.17) is 10.5 Å². The Balaban J connectivity index is 2.12. The molecule has 1 amide bonds. The van der Waals surface area contributed by atoms with Gasteiger partial charge in [-0.05, 0) is 50.9 Å². The van der Waals surface area contributed by atoms with E-state index in [0.717, 1.165) is 35.0 Å². The molecule has 0 heterocycles.